The van der Waals surface area contributed by atoms with Crippen LogP contribution in [0, 0.1) is 11.8 Å². The topological polar surface area (TPSA) is 90.4 Å². The second-order valence-corrected chi connectivity index (χ2v) is 4.22. The lowest BCUT2D eigenvalue weighted by molar-refractivity contribution is 0.330. The fourth-order valence-electron chi connectivity index (χ4n) is 1.29. The summed E-state index contributed by atoms with van der Waals surface area (Å²) in [6.45, 7) is 7.26. The Morgan fingerprint density at radius 3 is 2.21 bits per heavy atom. The van der Waals surface area contributed by atoms with Crippen LogP contribution in [0.25, 0.3) is 0 Å². The second kappa shape index (κ2) is 6.65. The number of hydrogen-bond donors (Lipinski definition) is 3. The minimum atomic E-state index is 0.162. The lowest BCUT2D eigenvalue weighted by Crippen LogP contribution is -2.31. The monoisotopic (exact) mass is 200 g/mol. The van der Waals surface area contributed by atoms with Crippen molar-refractivity contribution in [3.05, 3.63) is 0 Å². The van der Waals surface area contributed by atoms with Crippen LogP contribution in [0.2, 0.25) is 0 Å². The summed E-state index contributed by atoms with van der Waals surface area (Å²) in [6.07, 6.45) is 1.94. The summed E-state index contributed by atoms with van der Waals surface area (Å²) in [6, 6.07) is 0.254. The van der Waals surface area contributed by atoms with E-state index in [1.165, 1.54) is 0 Å². The largest absolute Gasteiger partial charge is 0.370 e. The van der Waals surface area contributed by atoms with Gasteiger partial charge in [0.2, 0.25) is 0 Å². The van der Waals surface area contributed by atoms with Gasteiger partial charge in [-0.1, -0.05) is 20.8 Å². The van der Waals surface area contributed by atoms with E-state index in [-0.39, 0.29) is 12.0 Å². The fourth-order valence-corrected chi connectivity index (χ4v) is 1.29. The van der Waals surface area contributed by atoms with Crippen LogP contribution < -0.4 is 17.2 Å². The summed E-state index contributed by atoms with van der Waals surface area (Å²) in [7, 11) is 0. The maximum atomic E-state index is 6.02. The van der Waals surface area contributed by atoms with Gasteiger partial charge in [-0.05, 0) is 24.7 Å². The van der Waals surface area contributed by atoms with E-state index in [1.807, 2.05) is 0 Å². The van der Waals surface area contributed by atoms with E-state index in [0.717, 1.165) is 12.8 Å². The van der Waals surface area contributed by atoms with Crippen LogP contribution >= 0.6 is 0 Å². The molecule has 0 aromatic rings. The number of nitrogens with two attached hydrogens (primary N) is 3. The first-order valence-electron chi connectivity index (χ1n) is 5.26. The van der Waals surface area contributed by atoms with Crippen molar-refractivity contribution in [1.82, 2.24) is 0 Å². The molecule has 0 aliphatic rings. The molecule has 0 saturated carbocycles. The highest BCUT2D eigenvalue weighted by atomic mass is 15.0. The van der Waals surface area contributed by atoms with Crippen molar-refractivity contribution in [2.75, 3.05) is 6.54 Å². The van der Waals surface area contributed by atoms with Gasteiger partial charge in [0.1, 0.15) is 0 Å². The third-order valence-corrected chi connectivity index (χ3v) is 2.72. The summed E-state index contributed by atoms with van der Waals surface area (Å²) in [5, 5.41) is 0. The van der Waals surface area contributed by atoms with E-state index in [4.69, 9.17) is 17.2 Å². The third kappa shape index (κ3) is 5.80. The molecule has 2 unspecified atom stereocenters. The van der Waals surface area contributed by atoms with Crippen LogP contribution in [0.3, 0.4) is 0 Å². The zero-order chi connectivity index (χ0) is 11.1. The molecule has 4 heteroatoms. The van der Waals surface area contributed by atoms with Crippen LogP contribution in [0.5, 0.6) is 0 Å². The molecular weight excluding hydrogens is 176 g/mol. The predicted molar refractivity (Wildman–Crippen MR) is 61.9 cm³/mol. The van der Waals surface area contributed by atoms with Gasteiger partial charge in [-0.15, -0.1) is 0 Å². The van der Waals surface area contributed by atoms with Crippen LogP contribution in [0.15, 0.2) is 4.99 Å². The van der Waals surface area contributed by atoms with Crippen molar-refractivity contribution in [2.24, 2.45) is 34.0 Å². The molecule has 0 aliphatic heterocycles. The van der Waals surface area contributed by atoms with E-state index in [2.05, 4.69) is 25.8 Å². The molecule has 0 fully saturated rings. The smallest absolute Gasteiger partial charge is 0.185 e. The molecule has 4 nitrogen and oxygen atoms in total. The van der Waals surface area contributed by atoms with Gasteiger partial charge >= 0.3 is 0 Å². The van der Waals surface area contributed by atoms with Crippen LogP contribution in [0.1, 0.15) is 33.6 Å². The van der Waals surface area contributed by atoms with Gasteiger partial charge in [0, 0.05) is 12.6 Å². The summed E-state index contributed by atoms with van der Waals surface area (Å²) < 4.78 is 0. The molecule has 0 saturated heterocycles. The highest BCUT2D eigenvalue weighted by Gasteiger charge is 2.15. The minimum Gasteiger partial charge on any atom is -0.370 e. The number of nitrogens with zero attached hydrogens (tertiary/aromatic N) is 1. The molecule has 14 heavy (non-hydrogen) atoms. The van der Waals surface area contributed by atoms with Crippen LogP contribution in [-0.4, -0.2) is 18.5 Å². The maximum Gasteiger partial charge on any atom is 0.185 e. The first-order chi connectivity index (χ1) is 6.45. The first kappa shape index (κ1) is 13.2. The average molecular weight is 200 g/mol. The van der Waals surface area contributed by atoms with Gasteiger partial charge in [0.15, 0.2) is 5.96 Å². The molecular formula is C10H24N4. The SMILES string of the molecule is CC(C)C(C)C(N)CCCN=C(N)N. The van der Waals surface area contributed by atoms with Crippen molar-refractivity contribution in [2.45, 2.75) is 39.7 Å². The second-order valence-electron chi connectivity index (χ2n) is 4.22. The standard InChI is InChI=1S/C10H24N4/c1-7(2)8(3)9(11)5-4-6-14-10(12)13/h7-9H,4-6,11H2,1-3H3,(H4,12,13,14). The molecule has 0 aromatic heterocycles. The fraction of sp³-hybridized carbons (Fsp3) is 0.900. The molecule has 0 heterocycles. The normalized spacial score (nSPS) is 15.2. The Morgan fingerprint density at radius 1 is 1.21 bits per heavy atom. The van der Waals surface area contributed by atoms with E-state index in [9.17, 15) is 0 Å². The van der Waals surface area contributed by atoms with Crippen LogP contribution in [0.4, 0.5) is 0 Å². The maximum absolute atomic E-state index is 6.02. The Labute approximate surface area is 86.9 Å². The zero-order valence-corrected chi connectivity index (χ0v) is 9.53. The summed E-state index contributed by atoms with van der Waals surface area (Å²) >= 11 is 0. The lowest BCUT2D eigenvalue weighted by Gasteiger charge is -2.22. The number of guanidine groups is 1. The Morgan fingerprint density at radius 2 is 1.79 bits per heavy atom. The number of aliphatic imine (C=N–C) groups is 1. The Balaban J connectivity index is 3.64. The third-order valence-electron chi connectivity index (χ3n) is 2.72. The Bertz CT molecular complexity index is 173. The number of rotatable bonds is 6. The van der Waals surface area contributed by atoms with E-state index in [0.29, 0.717) is 18.4 Å². The van der Waals surface area contributed by atoms with E-state index in [1.54, 1.807) is 0 Å². The van der Waals surface area contributed by atoms with Crippen molar-refractivity contribution in [3.63, 3.8) is 0 Å². The van der Waals surface area contributed by atoms with Crippen LogP contribution in [-0.2, 0) is 0 Å². The highest BCUT2D eigenvalue weighted by Crippen LogP contribution is 2.16. The molecule has 0 aromatic carbocycles. The predicted octanol–water partition coefficient (Wildman–Crippen LogP) is 0.659. The molecule has 2 atom stereocenters. The first-order valence-corrected chi connectivity index (χ1v) is 5.26. The van der Waals surface area contributed by atoms with Gasteiger partial charge in [0.25, 0.3) is 0 Å². The minimum absolute atomic E-state index is 0.162. The Kier molecular flexibility index (Phi) is 6.28. The molecule has 0 amide bonds. The molecule has 6 N–H and O–H groups in total. The molecule has 0 spiro atoms. The highest BCUT2D eigenvalue weighted by molar-refractivity contribution is 5.75. The summed E-state index contributed by atoms with van der Waals surface area (Å²) in [5.41, 5.74) is 16.5. The van der Waals surface area contributed by atoms with E-state index < -0.39 is 0 Å². The summed E-state index contributed by atoms with van der Waals surface area (Å²) in [5.74, 6) is 1.35. The van der Waals surface area contributed by atoms with Crippen molar-refractivity contribution in [3.8, 4) is 0 Å². The van der Waals surface area contributed by atoms with Crippen molar-refractivity contribution < 1.29 is 0 Å². The molecule has 0 radical (unpaired) electrons. The zero-order valence-electron chi connectivity index (χ0n) is 9.53. The molecule has 0 aliphatic carbocycles. The van der Waals surface area contributed by atoms with Gasteiger partial charge in [0.05, 0.1) is 0 Å². The molecule has 0 bridgehead atoms. The lowest BCUT2D eigenvalue weighted by atomic mass is 9.88. The van der Waals surface area contributed by atoms with Gasteiger partial charge < -0.3 is 17.2 Å². The van der Waals surface area contributed by atoms with Gasteiger partial charge in [-0.3, -0.25) is 4.99 Å². The molecule has 0 rings (SSSR count). The number of hydrogen-bond acceptors (Lipinski definition) is 2. The molecule has 84 valence electrons. The van der Waals surface area contributed by atoms with Gasteiger partial charge in [-0.2, -0.15) is 0 Å². The van der Waals surface area contributed by atoms with E-state index >= 15 is 0 Å². The van der Waals surface area contributed by atoms with Crippen molar-refractivity contribution in [1.29, 1.82) is 0 Å². The Hall–Kier alpha value is -0.770. The van der Waals surface area contributed by atoms with Gasteiger partial charge in [-0.25, -0.2) is 0 Å². The quantitative estimate of drug-likeness (QED) is 0.334. The summed E-state index contributed by atoms with van der Waals surface area (Å²) in [4.78, 5) is 3.92. The van der Waals surface area contributed by atoms with Crippen molar-refractivity contribution >= 4 is 5.96 Å². The average Bonchev–Trinajstić information content (AvgIpc) is 2.10.